The maximum atomic E-state index is 10.2. The molecule has 162 valence electrons. The lowest BCUT2D eigenvalue weighted by Gasteiger charge is -2.36. The van der Waals surface area contributed by atoms with E-state index < -0.39 is 6.10 Å². The number of oxime groups is 1. The minimum Gasteiger partial charge on any atom is -0.493 e. The standard InChI is InChI=1S/C22H34N2O5/c1-16-12-24(13-17(2)28-16)14-19(25)15-27-23-11-18-8-9-21(26-3)22(10-18)29-20-6-4-5-7-20/h8-11,16-17,19-20,25H,4-7,12-15H2,1-3H3/b23-11+/t16-,17+,19-/m1/s1. The molecular weight excluding hydrogens is 372 g/mol. The van der Waals surface area contributed by atoms with Gasteiger partial charge in [0.15, 0.2) is 11.5 Å². The number of hydrogen-bond donors (Lipinski definition) is 1. The predicted octanol–water partition coefficient (Wildman–Crippen LogP) is 2.84. The Balaban J connectivity index is 1.46. The summed E-state index contributed by atoms with van der Waals surface area (Å²) in [6.45, 7) is 6.44. The van der Waals surface area contributed by atoms with Crippen LogP contribution in [-0.4, -0.2) is 74.0 Å². The Labute approximate surface area is 173 Å². The molecule has 2 fully saturated rings. The van der Waals surface area contributed by atoms with E-state index in [2.05, 4.69) is 23.9 Å². The Kier molecular flexibility index (Phi) is 8.15. The summed E-state index contributed by atoms with van der Waals surface area (Å²) in [7, 11) is 1.64. The Hall–Kier alpha value is -1.83. The largest absolute Gasteiger partial charge is 0.493 e. The number of aliphatic hydroxyl groups is 1. The average Bonchev–Trinajstić information content (AvgIpc) is 3.18. The Morgan fingerprint density at radius 1 is 1.21 bits per heavy atom. The van der Waals surface area contributed by atoms with E-state index in [0.29, 0.717) is 6.54 Å². The number of nitrogens with zero attached hydrogens (tertiary/aromatic N) is 2. The molecule has 1 aliphatic carbocycles. The quantitative estimate of drug-likeness (QED) is 0.502. The van der Waals surface area contributed by atoms with Crippen LogP contribution >= 0.6 is 0 Å². The van der Waals surface area contributed by atoms with Crippen molar-refractivity contribution in [3.8, 4) is 11.5 Å². The fourth-order valence-electron chi connectivity index (χ4n) is 4.06. The number of ether oxygens (including phenoxy) is 3. The van der Waals surface area contributed by atoms with Crippen molar-refractivity contribution in [3.63, 3.8) is 0 Å². The summed E-state index contributed by atoms with van der Waals surface area (Å²) in [6.07, 6.45) is 6.26. The molecule has 1 saturated carbocycles. The van der Waals surface area contributed by atoms with Crippen LogP contribution in [0.15, 0.2) is 23.4 Å². The second kappa shape index (κ2) is 10.8. The molecule has 29 heavy (non-hydrogen) atoms. The van der Waals surface area contributed by atoms with Crippen molar-refractivity contribution in [2.24, 2.45) is 5.16 Å². The molecule has 1 saturated heterocycles. The molecule has 1 heterocycles. The van der Waals surface area contributed by atoms with Gasteiger partial charge < -0.3 is 24.2 Å². The number of rotatable bonds is 9. The Morgan fingerprint density at radius 3 is 2.62 bits per heavy atom. The van der Waals surface area contributed by atoms with E-state index >= 15 is 0 Å². The molecule has 1 aliphatic heterocycles. The van der Waals surface area contributed by atoms with Crippen LogP contribution in [0.5, 0.6) is 11.5 Å². The molecule has 0 amide bonds. The summed E-state index contributed by atoms with van der Waals surface area (Å²) in [5.74, 6) is 1.46. The predicted molar refractivity (Wildman–Crippen MR) is 112 cm³/mol. The van der Waals surface area contributed by atoms with Crippen LogP contribution in [0.3, 0.4) is 0 Å². The topological polar surface area (TPSA) is 72.8 Å². The summed E-state index contributed by atoms with van der Waals surface area (Å²) in [5.41, 5.74) is 0.865. The molecular formula is C22H34N2O5. The molecule has 7 nitrogen and oxygen atoms in total. The normalized spacial score (nSPS) is 24.7. The highest BCUT2D eigenvalue weighted by Gasteiger charge is 2.24. The van der Waals surface area contributed by atoms with Crippen LogP contribution in [-0.2, 0) is 9.57 Å². The van der Waals surface area contributed by atoms with Crippen LogP contribution in [0.1, 0.15) is 45.1 Å². The van der Waals surface area contributed by atoms with Crippen LogP contribution in [0, 0.1) is 0 Å². The number of hydrogen-bond acceptors (Lipinski definition) is 7. The van der Waals surface area contributed by atoms with Gasteiger partial charge in [-0.3, -0.25) is 4.90 Å². The SMILES string of the molecule is COc1ccc(/C=N/OC[C@H](O)CN2C[C@@H](C)O[C@@H](C)C2)cc1OC1CCCC1. The fraction of sp³-hybridized carbons (Fsp3) is 0.682. The summed E-state index contributed by atoms with van der Waals surface area (Å²) in [5, 5.41) is 14.2. The third-order valence-corrected chi connectivity index (χ3v) is 5.29. The van der Waals surface area contributed by atoms with E-state index in [1.165, 1.54) is 12.8 Å². The smallest absolute Gasteiger partial charge is 0.162 e. The van der Waals surface area contributed by atoms with Crippen LogP contribution in [0.2, 0.25) is 0 Å². The highest BCUT2D eigenvalue weighted by atomic mass is 16.6. The minimum atomic E-state index is -0.596. The molecule has 1 aromatic rings. The molecule has 1 aromatic carbocycles. The summed E-state index contributed by atoms with van der Waals surface area (Å²) < 4.78 is 17.2. The van der Waals surface area contributed by atoms with Gasteiger partial charge in [0.2, 0.25) is 0 Å². The lowest BCUT2D eigenvalue weighted by atomic mass is 10.2. The van der Waals surface area contributed by atoms with Crippen LogP contribution < -0.4 is 9.47 Å². The monoisotopic (exact) mass is 406 g/mol. The summed E-state index contributed by atoms with van der Waals surface area (Å²) in [6, 6.07) is 5.69. The third kappa shape index (κ3) is 6.87. The lowest BCUT2D eigenvalue weighted by molar-refractivity contribution is -0.0818. The molecule has 0 spiro atoms. The Bertz CT molecular complexity index is 653. The molecule has 1 N–H and O–H groups in total. The zero-order valence-electron chi connectivity index (χ0n) is 17.8. The molecule has 0 aromatic heterocycles. The first-order chi connectivity index (χ1) is 14.0. The second-order valence-corrected chi connectivity index (χ2v) is 8.09. The van der Waals surface area contributed by atoms with Crippen molar-refractivity contribution < 1.29 is 24.2 Å². The molecule has 0 radical (unpaired) electrons. The first-order valence-corrected chi connectivity index (χ1v) is 10.6. The van der Waals surface area contributed by atoms with Crippen molar-refractivity contribution in [1.82, 2.24) is 4.90 Å². The number of β-amino-alcohol motifs (C(OH)–C–C–N with tert-alkyl or cyclic N) is 1. The highest BCUT2D eigenvalue weighted by Crippen LogP contribution is 2.32. The summed E-state index contributed by atoms with van der Waals surface area (Å²) >= 11 is 0. The molecule has 3 atom stereocenters. The van der Waals surface area contributed by atoms with Gasteiger partial charge in [0.05, 0.1) is 31.6 Å². The first kappa shape index (κ1) is 21.9. The first-order valence-electron chi connectivity index (χ1n) is 10.6. The number of methoxy groups -OCH3 is 1. The van der Waals surface area contributed by atoms with E-state index in [1.807, 2.05) is 18.2 Å². The van der Waals surface area contributed by atoms with E-state index in [-0.39, 0.29) is 24.9 Å². The zero-order valence-corrected chi connectivity index (χ0v) is 17.8. The van der Waals surface area contributed by atoms with Crippen LogP contribution in [0.4, 0.5) is 0 Å². The van der Waals surface area contributed by atoms with Crippen molar-refractivity contribution in [2.75, 3.05) is 33.4 Å². The minimum absolute atomic E-state index is 0.151. The van der Waals surface area contributed by atoms with Gasteiger partial charge in [-0.2, -0.15) is 0 Å². The third-order valence-electron chi connectivity index (χ3n) is 5.29. The van der Waals surface area contributed by atoms with Gasteiger partial charge in [-0.05, 0) is 57.7 Å². The average molecular weight is 407 g/mol. The second-order valence-electron chi connectivity index (χ2n) is 8.09. The molecule has 3 rings (SSSR count). The summed E-state index contributed by atoms with van der Waals surface area (Å²) in [4.78, 5) is 7.52. The highest BCUT2D eigenvalue weighted by molar-refractivity contribution is 5.80. The maximum Gasteiger partial charge on any atom is 0.162 e. The maximum absolute atomic E-state index is 10.2. The molecule has 7 heteroatoms. The van der Waals surface area contributed by atoms with Gasteiger partial charge in [-0.25, -0.2) is 0 Å². The van der Waals surface area contributed by atoms with Gasteiger partial charge in [0, 0.05) is 25.2 Å². The van der Waals surface area contributed by atoms with Gasteiger partial charge in [0.1, 0.15) is 12.7 Å². The van der Waals surface area contributed by atoms with Gasteiger partial charge >= 0.3 is 0 Å². The van der Waals surface area contributed by atoms with Crippen molar-refractivity contribution in [2.45, 2.75) is 63.9 Å². The van der Waals surface area contributed by atoms with E-state index in [4.69, 9.17) is 19.0 Å². The molecule has 0 bridgehead atoms. The fourth-order valence-corrected chi connectivity index (χ4v) is 4.06. The lowest BCUT2D eigenvalue weighted by Crippen LogP contribution is -2.48. The van der Waals surface area contributed by atoms with Gasteiger partial charge in [-0.1, -0.05) is 5.16 Å². The van der Waals surface area contributed by atoms with E-state index in [0.717, 1.165) is 43.0 Å². The van der Waals surface area contributed by atoms with Gasteiger partial charge in [0.25, 0.3) is 0 Å². The zero-order chi connectivity index (χ0) is 20.6. The van der Waals surface area contributed by atoms with E-state index in [1.54, 1.807) is 13.3 Å². The van der Waals surface area contributed by atoms with Crippen molar-refractivity contribution in [3.05, 3.63) is 23.8 Å². The van der Waals surface area contributed by atoms with E-state index in [9.17, 15) is 5.11 Å². The number of morpholine rings is 1. The number of aliphatic hydroxyl groups excluding tert-OH is 1. The van der Waals surface area contributed by atoms with Gasteiger partial charge in [-0.15, -0.1) is 0 Å². The number of benzene rings is 1. The molecule has 0 unspecified atom stereocenters. The molecule has 2 aliphatic rings. The van der Waals surface area contributed by atoms with Crippen LogP contribution in [0.25, 0.3) is 0 Å². The van der Waals surface area contributed by atoms with Crippen molar-refractivity contribution in [1.29, 1.82) is 0 Å². The van der Waals surface area contributed by atoms with Crippen molar-refractivity contribution >= 4 is 6.21 Å². The Morgan fingerprint density at radius 2 is 1.93 bits per heavy atom.